The van der Waals surface area contributed by atoms with E-state index in [0.29, 0.717) is 85.3 Å². The quantitative estimate of drug-likeness (QED) is 0.178. The lowest BCUT2D eigenvalue weighted by Gasteiger charge is -2.35. The zero-order valence-electron chi connectivity index (χ0n) is 27.2. The van der Waals surface area contributed by atoms with E-state index in [1.807, 2.05) is 17.0 Å². The first kappa shape index (κ1) is 37.4. The van der Waals surface area contributed by atoms with Gasteiger partial charge in [0.15, 0.2) is 0 Å². The molecule has 0 spiro atoms. The van der Waals surface area contributed by atoms with Gasteiger partial charge in [0.05, 0.1) is 8.95 Å². The first-order valence-electron chi connectivity index (χ1n) is 16.5. The predicted molar refractivity (Wildman–Crippen MR) is 189 cm³/mol. The van der Waals surface area contributed by atoms with Crippen LogP contribution in [0.25, 0.3) is 0 Å². The number of amides is 6. The van der Waals surface area contributed by atoms with Crippen LogP contribution in [0.5, 0.6) is 5.75 Å². The molecule has 13 nitrogen and oxygen atoms in total. The number of benzene rings is 1. The summed E-state index contributed by atoms with van der Waals surface area (Å²) in [5, 5.41) is 21.5. The van der Waals surface area contributed by atoms with Gasteiger partial charge in [-0.25, -0.2) is 9.59 Å². The van der Waals surface area contributed by atoms with Crippen molar-refractivity contribution in [2.75, 3.05) is 39.8 Å². The Kier molecular flexibility index (Phi) is 14.3. The summed E-state index contributed by atoms with van der Waals surface area (Å²) >= 11 is 6.70. The van der Waals surface area contributed by atoms with Gasteiger partial charge in [0.1, 0.15) is 17.8 Å². The Morgan fingerprint density at radius 1 is 0.938 bits per heavy atom. The average molecular weight is 795 g/mol. The Morgan fingerprint density at radius 3 is 2.17 bits per heavy atom. The average Bonchev–Trinajstić information content (AvgIpc) is 3.10. The number of urea groups is 2. The van der Waals surface area contributed by atoms with Gasteiger partial charge >= 0.3 is 12.1 Å². The van der Waals surface area contributed by atoms with Gasteiger partial charge in [-0.05, 0) is 125 Å². The highest BCUT2D eigenvalue weighted by Crippen LogP contribution is 2.34. The number of unbranched alkanes of at least 4 members (excludes halogenated alkanes) is 1. The van der Waals surface area contributed by atoms with Crippen LogP contribution in [0.3, 0.4) is 0 Å². The number of nitrogens with zero attached hydrogens (tertiary/aromatic N) is 3. The first-order chi connectivity index (χ1) is 23.1. The maximum absolute atomic E-state index is 14.0. The number of carbonyl (C=O) groups excluding carboxylic acids is 4. The van der Waals surface area contributed by atoms with E-state index in [9.17, 15) is 24.3 Å². The molecular formula is C33H46Br2N8O5. The summed E-state index contributed by atoms with van der Waals surface area (Å²) in [6.45, 7) is 2.44. The molecule has 48 heavy (non-hydrogen) atoms. The van der Waals surface area contributed by atoms with Crippen LogP contribution >= 0.6 is 31.9 Å². The Labute approximate surface area is 298 Å². The number of piperidine rings is 2. The molecule has 6 amide bonds. The first-order valence-corrected chi connectivity index (χ1v) is 18.1. The molecule has 0 aliphatic carbocycles. The van der Waals surface area contributed by atoms with Crippen molar-refractivity contribution in [2.24, 2.45) is 5.73 Å². The topological polar surface area (TPSA) is 182 Å². The number of nitrogens with two attached hydrogens (primary N) is 1. The normalized spacial score (nSPS) is 16.9. The zero-order valence-corrected chi connectivity index (χ0v) is 30.4. The molecule has 0 bridgehead atoms. The van der Waals surface area contributed by atoms with Crippen LogP contribution in [0.4, 0.5) is 9.59 Å². The van der Waals surface area contributed by atoms with Crippen molar-refractivity contribution in [3.05, 3.63) is 56.7 Å². The molecule has 3 heterocycles. The largest absolute Gasteiger partial charge is 0.506 e. The van der Waals surface area contributed by atoms with Crippen molar-refractivity contribution >= 4 is 55.7 Å². The molecule has 262 valence electrons. The van der Waals surface area contributed by atoms with Crippen molar-refractivity contribution in [3.63, 3.8) is 0 Å². The minimum atomic E-state index is -1.01. The third-order valence-electron chi connectivity index (χ3n) is 9.02. The summed E-state index contributed by atoms with van der Waals surface area (Å²) in [5.41, 5.74) is 7.65. The summed E-state index contributed by atoms with van der Waals surface area (Å²) in [5.74, 6) is -0.247. The number of aromatic nitrogens is 1. The third-order valence-corrected chi connectivity index (χ3v) is 10.2. The van der Waals surface area contributed by atoms with Crippen molar-refractivity contribution in [3.8, 4) is 5.75 Å². The highest BCUT2D eigenvalue weighted by atomic mass is 79.9. The third kappa shape index (κ3) is 10.5. The molecule has 0 saturated carbocycles. The molecular weight excluding hydrogens is 748 g/mol. The van der Waals surface area contributed by atoms with Crippen molar-refractivity contribution in [2.45, 2.75) is 75.4 Å². The summed E-state index contributed by atoms with van der Waals surface area (Å²) in [7, 11) is 1.55. The highest BCUT2D eigenvalue weighted by Gasteiger charge is 2.33. The van der Waals surface area contributed by atoms with E-state index < -0.39 is 24.0 Å². The summed E-state index contributed by atoms with van der Waals surface area (Å²) in [6.07, 6.45) is 8.27. The number of nitrogens with one attached hydrogen (secondary N) is 4. The lowest BCUT2D eigenvalue weighted by atomic mass is 9.89. The number of aromatic hydroxyl groups is 1. The van der Waals surface area contributed by atoms with Gasteiger partial charge in [0.2, 0.25) is 11.8 Å². The minimum Gasteiger partial charge on any atom is -0.506 e. The highest BCUT2D eigenvalue weighted by molar-refractivity contribution is 9.11. The van der Waals surface area contributed by atoms with Crippen LogP contribution in [0, 0.1) is 0 Å². The lowest BCUT2D eigenvalue weighted by molar-refractivity contribution is -0.138. The van der Waals surface area contributed by atoms with Crippen molar-refractivity contribution in [1.82, 2.24) is 36.1 Å². The van der Waals surface area contributed by atoms with Gasteiger partial charge in [-0.15, -0.1) is 0 Å². The Hall–Kier alpha value is -3.43. The second kappa shape index (κ2) is 18.4. The molecule has 2 saturated heterocycles. The van der Waals surface area contributed by atoms with Gasteiger partial charge in [-0.1, -0.05) is 0 Å². The lowest BCUT2D eigenvalue weighted by Crippen LogP contribution is -2.58. The fourth-order valence-electron chi connectivity index (χ4n) is 6.22. The van der Waals surface area contributed by atoms with Gasteiger partial charge in [-0.3, -0.25) is 14.6 Å². The monoisotopic (exact) mass is 792 g/mol. The number of carbonyl (C=O) groups is 4. The number of pyridine rings is 1. The van der Waals surface area contributed by atoms with Gasteiger partial charge in [-0.2, -0.15) is 0 Å². The fourth-order valence-corrected chi connectivity index (χ4v) is 7.50. The molecule has 2 aromatic rings. The van der Waals surface area contributed by atoms with E-state index in [-0.39, 0.29) is 30.2 Å². The van der Waals surface area contributed by atoms with Crippen LogP contribution in [-0.2, 0) is 16.0 Å². The Bertz CT molecular complexity index is 1380. The number of phenols is 1. The number of halogens is 2. The maximum Gasteiger partial charge on any atom is 0.318 e. The van der Waals surface area contributed by atoms with E-state index in [0.717, 1.165) is 12.8 Å². The van der Waals surface area contributed by atoms with Crippen molar-refractivity contribution < 1.29 is 24.3 Å². The van der Waals surface area contributed by atoms with Crippen LogP contribution in [0.15, 0.2) is 45.6 Å². The Morgan fingerprint density at radius 2 is 1.56 bits per heavy atom. The molecule has 2 atom stereocenters. The van der Waals surface area contributed by atoms with Gasteiger partial charge in [0, 0.05) is 58.1 Å². The molecule has 7 N–H and O–H groups in total. The van der Waals surface area contributed by atoms with Gasteiger partial charge < -0.3 is 41.9 Å². The molecule has 15 heteroatoms. The Balaban J connectivity index is 1.47. The smallest absolute Gasteiger partial charge is 0.318 e. The number of phenolic OH excluding ortho intramolecular Hbond substituents is 1. The van der Waals surface area contributed by atoms with Crippen LogP contribution in [0.1, 0.15) is 62.0 Å². The van der Waals surface area contributed by atoms with Gasteiger partial charge in [0.25, 0.3) is 0 Å². The minimum absolute atomic E-state index is 0.0234. The zero-order chi connectivity index (χ0) is 34.6. The number of hydrogen-bond acceptors (Lipinski definition) is 7. The summed E-state index contributed by atoms with van der Waals surface area (Å²) in [6, 6.07) is 4.90. The number of hydrogen-bond donors (Lipinski definition) is 6. The van der Waals surface area contributed by atoms with E-state index in [2.05, 4.69) is 58.1 Å². The predicted octanol–water partition coefficient (Wildman–Crippen LogP) is 3.35. The van der Waals surface area contributed by atoms with E-state index in [1.165, 1.54) is 5.56 Å². The molecule has 1 aromatic carbocycles. The van der Waals surface area contributed by atoms with Crippen LogP contribution in [-0.4, -0.2) is 102 Å². The molecule has 4 rings (SSSR count). The standard InChI is InChI=1S/C33H46Br2N8O5/c1-37-32(47)39-24-9-16-43(17-10-24)33(48)41-28(20-21-18-25(34)29(44)26(35)19-21)30(45)40-27(4-2-3-11-36)31(46)42-14-7-23(8-15-42)22-5-12-38-13-6-22/h5-6,12-13,18-19,23-24,27-28,44H,2-4,7-11,14-17,20,36H2,1H3,(H,40,45)(H,41,48)(H2,37,39,47)/t27-,28-/m0/s1. The fraction of sp³-hybridized carbons (Fsp3) is 0.545. The van der Waals surface area contributed by atoms with Crippen molar-refractivity contribution in [1.29, 1.82) is 0 Å². The molecule has 0 unspecified atom stereocenters. The molecule has 2 aliphatic rings. The van der Waals surface area contributed by atoms with E-state index >= 15 is 0 Å². The SMILES string of the molecule is CNC(=O)NC1CCN(C(=O)N[C@@H](Cc2cc(Br)c(O)c(Br)c2)C(=O)N[C@@H](CCCCN)C(=O)N2CCC(c3ccncc3)CC2)CC1. The summed E-state index contributed by atoms with van der Waals surface area (Å²) in [4.78, 5) is 60.7. The van der Waals surface area contributed by atoms with E-state index in [1.54, 1.807) is 36.5 Å². The van der Waals surface area contributed by atoms with Crippen LogP contribution < -0.4 is 27.0 Å². The number of likely N-dealkylation sites (tertiary alicyclic amines) is 2. The second-order valence-electron chi connectivity index (χ2n) is 12.3. The number of rotatable bonds is 12. The van der Waals surface area contributed by atoms with E-state index in [4.69, 9.17) is 5.73 Å². The molecule has 2 fully saturated rings. The summed E-state index contributed by atoms with van der Waals surface area (Å²) < 4.78 is 0.876. The maximum atomic E-state index is 14.0. The molecule has 1 aromatic heterocycles. The molecule has 2 aliphatic heterocycles. The molecule has 0 radical (unpaired) electrons. The van der Waals surface area contributed by atoms with Crippen LogP contribution in [0.2, 0.25) is 0 Å². The second-order valence-corrected chi connectivity index (χ2v) is 14.0.